The van der Waals surface area contributed by atoms with Crippen molar-refractivity contribution in [1.82, 2.24) is 0 Å². The van der Waals surface area contributed by atoms with E-state index in [4.69, 9.17) is 9.26 Å². The van der Waals surface area contributed by atoms with Gasteiger partial charge in [0.2, 0.25) is 0 Å². The second-order valence-corrected chi connectivity index (χ2v) is 16.2. The van der Waals surface area contributed by atoms with Crippen LogP contribution in [0.4, 0.5) is 0 Å². The number of hydrogen-bond acceptors (Lipinski definition) is 3. The molecule has 0 aliphatic heterocycles. The minimum atomic E-state index is -1.43. The Morgan fingerprint density at radius 2 is 1.78 bits per heavy atom. The highest BCUT2D eigenvalue weighted by Gasteiger charge is 2.59. The maximum absolute atomic E-state index is 6.54. The molecule has 0 aromatic rings. The van der Waals surface area contributed by atoms with E-state index in [1.807, 2.05) is 0 Å². The molecule has 0 N–H and O–H groups in total. The summed E-state index contributed by atoms with van der Waals surface area (Å²) in [5.41, 5.74) is 2.34. The highest BCUT2D eigenvalue weighted by atomic mass is 28.4. The molecule has 4 fully saturated rings. The number of fused-ring (bicyclic) bond motifs is 5. The van der Waals surface area contributed by atoms with Crippen molar-refractivity contribution in [2.45, 2.75) is 97.4 Å². The van der Waals surface area contributed by atoms with E-state index in [9.17, 15) is 0 Å². The van der Waals surface area contributed by atoms with Crippen molar-refractivity contribution in [3.63, 3.8) is 0 Å². The van der Waals surface area contributed by atoms with E-state index >= 15 is 0 Å². The Bertz CT molecular complexity index is 600. The molecule has 7 atom stereocenters. The highest BCUT2D eigenvalue weighted by Crippen LogP contribution is 2.66. The average Bonchev–Trinajstić information content (AvgIpc) is 2.90. The van der Waals surface area contributed by atoms with Crippen molar-refractivity contribution in [2.24, 2.45) is 39.7 Å². The molecule has 0 heterocycles. The van der Waals surface area contributed by atoms with Crippen LogP contribution in [0.3, 0.4) is 0 Å². The summed E-state index contributed by atoms with van der Waals surface area (Å²) in [5.74, 6) is 3.54. The van der Waals surface area contributed by atoms with Crippen LogP contribution in [0, 0.1) is 34.5 Å². The summed E-state index contributed by atoms with van der Waals surface area (Å²) in [6.07, 6.45) is 12.6. The minimum Gasteiger partial charge on any atom is -0.415 e. The van der Waals surface area contributed by atoms with Crippen molar-refractivity contribution in [1.29, 1.82) is 0 Å². The van der Waals surface area contributed by atoms with Gasteiger partial charge in [-0.3, -0.25) is 0 Å². The summed E-state index contributed by atoms with van der Waals surface area (Å²) in [5, 5.41) is 4.38. The fraction of sp³-hybridized carbons (Fsp3) is 0.957. The van der Waals surface area contributed by atoms with Crippen LogP contribution in [0.5, 0.6) is 0 Å². The van der Waals surface area contributed by atoms with Gasteiger partial charge in [-0.15, -0.1) is 0 Å². The number of rotatable bonds is 3. The lowest BCUT2D eigenvalue weighted by Crippen LogP contribution is -2.53. The third-order valence-electron chi connectivity index (χ3n) is 8.94. The maximum Gasteiger partial charge on any atom is 0.184 e. The summed E-state index contributed by atoms with van der Waals surface area (Å²) in [6.45, 7) is 12.2. The molecule has 4 saturated carbocycles. The molecule has 4 aliphatic carbocycles. The minimum absolute atomic E-state index is 0.472. The molecule has 4 heteroatoms. The maximum atomic E-state index is 6.54. The zero-order valence-electron chi connectivity index (χ0n) is 18.5. The molecule has 154 valence electrons. The molecule has 0 bridgehead atoms. The third-order valence-corrected chi connectivity index (χ3v) is 9.98. The van der Waals surface area contributed by atoms with E-state index in [-0.39, 0.29) is 0 Å². The van der Waals surface area contributed by atoms with E-state index in [2.05, 4.69) is 38.6 Å². The molecule has 0 aromatic heterocycles. The molecule has 27 heavy (non-hydrogen) atoms. The first-order chi connectivity index (χ1) is 12.6. The van der Waals surface area contributed by atoms with Crippen LogP contribution in [0.15, 0.2) is 5.16 Å². The quantitative estimate of drug-likeness (QED) is 0.420. The van der Waals surface area contributed by atoms with Gasteiger partial charge in [-0.1, -0.05) is 19.0 Å². The molecule has 0 aromatic carbocycles. The lowest BCUT2D eigenvalue weighted by atomic mass is 9.45. The Kier molecular flexibility index (Phi) is 5.07. The summed E-state index contributed by atoms with van der Waals surface area (Å²) < 4.78 is 6.54. The van der Waals surface area contributed by atoms with Crippen molar-refractivity contribution in [2.75, 3.05) is 7.11 Å². The Morgan fingerprint density at radius 3 is 2.48 bits per heavy atom. The van der Waals surface area contributed by atoms with E-state index in [0.29, 0.717) is 16.9 Å². The largest absolute Gasteiger partial charge is 0.415 e. The molecule has 0 amide bonds. The van der Waals surface area contributed by atoms with Crippen LogP contribution >= 0.6 is 0 Å². The Balaban J connectivity index is 1.51. The SMILES string of the molecule is CO/N=C1\C[C@H]2[C@@H]3CCC4CC(O[Si](C)(C)C)CC[C@]4(C)[C@H]3CC[C@]2(C)C1. The first-order valence-electron chi connectivity index (χ1n) is 11.4. The van der Waals surface area contributed by atoms with Gasteiger partial charge in [-0.2, -0.15) is 0 Å². The molecule has 3 nitrogen and oxygen atoms in total. The Hall–Kier alpha value is -0.353. The van der Waals surface area contributed by atoms with Crippen LogP contribution in [0.2, 0.25) is 19.6 Å². The number of oxime groups is 1. The number of nitrogens with zero attached hydrogens (tertiary/aromatic N) is 1. The van der Waals surface area contributed by atoms with Crippen LogP contribution in [-0.2, 0) is 9.26 Å². The predicted molar refractivity (Wildman–Crippen MR) is 114 cm³/mol. The first-order valence-corrected chi connectivity index (χ1v) is 14.8. The topological polar surface area (TPSA) is 30.8 Å². The van der Waals surface area contributed by atoms with Gasteiger partial charge in [0.25, 0.3) is 0 Å². The lowest BCUT2D eigenvalue weighted by molar-refractivity contribution is -0.118. The van der Waals surface area contributed by atoms with Gasteiger partial charge in [0.15, 0.2) is 8.32 Å². The van der Waals surface area contributed by atoms with Crippen molar-refractivity contribution in [3.8, 4) is 0 Å². The number of hydrogen-bond donors (Lipinski definition) is 0. The predicted octanol–water partition coefficient (Wildman–Crippen LogP) is 6.25. The smallest absolute Gasteiger partial charge is 0.184 e. The molecular weight excluding hydrogens is 350 g/mol. The third kappa shape index (κ3) is 3.54. The van der Waals surface area contributed by atoms with Gasteiger partial charge in [0, 0.05) is 6.10 Å². The van der Waals surface area contributed by atoms with E-state index in [1.165, 1.54) is 63.5 Å². The van der Waals surface area contributed by atoms with Crippen LogP contribution in [0.1, 0.15) is 71.6 Å². The molecule has 4 rings (SSSR count). The average molecular weight is 392 g/mol. The van der Waals surface area contributed by atoms with Crippen LogP contribution < -0.4 is 0 Å². The Labute approximate surface area is 167 Å². The van der Waals surface area contributed by atoms with Crippen molar-refractivity contribution >= 4 is 14.0 Å². The van der Waals surface area contributed by atoms with Gasteiger partial charge in [-0.25, -0.2) is 0 Å². The van der Waals surface area contributed by atoms with Crippen molar-refractivity contribution in [3.05, 3.63) is 0 Å². The van der Waals surface area contributed by atoms with E-state index < -0.39 is 8.32 Å². The van der Waals surface area contributed by atoms with Gasteiger partial charge >= 0.3 is 0 Å². The van der Waals surface area contributed by atoms with Gasteiger partial charge < -0.3 is 9.26 Å². The van der Waals surface area contributed by atoms with Crippen molar-refractivity contribution < 1.29 is 9.26 Å². The summed E-state index contributed by atoms with van der Waals surface area (Å²) in [4.78, 5) is 5.15. The first kappa shape index (κ1) is 19.9. The Morgan fingerprint density at radius 1 is 1.00 bits per heavy atom. The molecule has 2 unspecified atom stereocenters. The normalized spacial score (nSPS) is 48.7. The fourth-order valence-electron chi connectivity index (χ4n) is 7.83. The summed E-state index contributed by atoms with van der Waals surface area (Å²) in [6, 6.07) is 0. The van der Waals surface area contributed by atoms with Gasteiger partial charge in [0.05, 0.1) is 5.71 Å². The van der Waals surface area contributed by atoms with E-state index in [0.717, 1.165) is 23.7 Å². The second kappa shape index (κ2) is 6.86. The zero-order chi connectivity index (χ0) is 19.4. The molecule has 0 saturated heterocycles. The molecule has 4 aliphatic rings. The molecular formula is C23H41NO2Si. The second-order valence-electron chi connectivity index (χ2n) is 11.7. The monoisotopic (exact) mass is 391 g/mol. The summed E-state index contributed by atoms with van der Waals surface area (Å²) >= 11 is 0. The fourth-order valence-corrected chi connectivity index (χ4v) is 9.04. The zero-order valence-corrected chi connectivity index (χ0v) is 19.5. The van der Waals surface area contributed by atoms with Gasteiger partial charge in [-0.05, 0) is 112 Å². The highest BCUT2D eigenvalue weighted by molar-refractivity contribution is 6.69. The van der Waals surface area contributed by atoms with Gasteiger partial charge in [0.1, 0.15) is 7.11 Å². The lowest BCUT2D eigenvalue weighted by Gasteiger charge is -2.60. The standard InChI is InChI=1S/C23H41NO2Si/c1-22-11-10-20-19(21(22)14-17(15-22)24-25-3)8-7-16-13-18(26-27(4,5)6)9-12-23(16,20)2/h16,18-21H,7-15H2,1-6H3/b24-17+/t16?,18?,19-,20+,21+,22-,23+/m1/s1. The van der Waals surface area contributed by atoms with Crippen LogP contribution in [-0.4, -0.2) is 27.2 Å². The summed E-state index contributed by atoms with van der Waals surface area (Å²) in [7, 11) is 0.273. The van der Waals surface area contributed by atoms with Crippen LogP contribution in [0.25, 0.3) is 0 Å². The van der Waals surface area contributed by atoms with E-state index in [1.54, 1.807) is 7.11 Å². The molecule has 0 radical (unpaired) electrons. The molecule has 0 spiro atoms.